The number of phenols is 2. The lowest BCUT2D eigenvalue weighted by atomic mass is 10.1. The summed E-state index contributed by atoms with van der Waals surface area (Å²) in [6, 6.07) is 4.42. The van der Waals surface area contributed by atoms with Gasteiger partial charge in [-0.3, -0.25) is 0 Å². The molecule has 1 aromatic heterocycles. The monoisotopic (exact) mass is 222 g/mol. The number of aromatic nitrogens is 1. The zero-order chi connectivity index (χ0) is 10.8. The number of nitrogens with zero attached hydrogens (tertiary/aromatic N) is 1. The van der Waals surface area contributed by atoms with E-state index in [0.717, 1.165) is 5.01 Å². The van der Waals surface area contributed by atoms with Crippen molar-refractivity contribution in [1.29, 1.82) is 0 Å². The quantitative estimate of drug-likeness (QED) is 0.722. The molecule has 0 saturated heterocycles. The molecule has 0 fully saturated rings. The number of nitrogens with two attached hydrogens (primary N) is 1. The van der Waals surface area contributed by atoms with Crippen molar-refractivity contribution in [2.24, 2.45) is 5.73 Å². The van der Waals surface area contributed by atoms with Crippen LogP contribution in [-0.4, -0.2) is 15.2 Å². The minimum absolute atomic E-state index is 0.0175. The molecule has 0 atom stereocenters. The molecule has 4 nitrogen and oxygen atoms in total. The lowest BCUT2D eigenvalue weighted by molar-refractivity contribution is 0.452. The molecule has 2 rings (SSSR count). The topological polar surface area (TPSA) is 79.4 Å². The maximum absolute atomic E-state index is 9.60. The number of aromatic hydroxyl groups is 2. The van der Waals surface area contributed by atoms with Gasteiger partial charge in [0.05, 0.1) is 5.69 Å². The van der Waals surface area contributed by atoms with E-state index in [-0.39, 0.29) is 11.5 Å². The largest absolute Gasteiger partial charge is 0.508 e. The Morgan fingerprint density at radius 3 is 2.73 bits per heavy atom. The van der Waals surface area contributed by atoms with E-state index in [4.69, 9.17) is 10.8 Å². The molecule has 0 radical (unpaired) electrons. The van der Waals surface area contributed by atoms with Gasteiger partial charge in [-0.25, -0.2) is 4.98 Å². The van der Waals surface area contributed by atoms with Crippen molar-refractivity contribution >= 4 is 11.3 Å². The number of thiazole rings is 1. The van der Waals surface area contributed by atoms with Crippen molar-refractivity contribution < 1.29 is 10.2 Å². The number of hydrogen-bond acceptors (Lipinski definition) is 5. The van der Waals surface area contributed by atoms with Gasteiger partial charge in [0.1, 0.15) is 16.5 Å². The van der Waals surface area contributed by atoms with Gasteiger partial charge in [-0.2, -0.15) is 0 Å². The SMILES string of the molecule is NCc1nc(-c2ccc(O)cc2O)cs1. The molecule has 0 amide bonds. The van der Waals surface area contributed by atoms with Crippen LogP contribution in [0, 0.1) is 0 Å². The Morgan fingerprint density at radius 2 is 2.13 bits per heavy atom. The molecule has 0 spiro atoms. The van der Waals surface area contributed by atoms with Gasteiger partial charge in [-0.05, 0) is 12.1 Å². The van der Waals surface area contributed by atoms with Crippen LogP contribution in [0.2, 0.25) is 0 Å². The second-order valence-electron chi connectivity index (χ2n) is 3.03. The molecule has 1 aromatic carbocycles. The summed E-state index contributed by atoms with van der Waals surface area (Å²) in [6.07, 6.45) is 0. The Hall–Kier alpha value is -1.59. The van der Waals surface area contributed by atoms with Crippen LogP contribution in [0.25, 0.3) is 11.3 Å². The van der Waals surface area contributed by atoms with Crippen LogP contribution in [0.4, 0.5) is 0 Å². The summed E-state index contributed by atoms with van der Waals surface area (Å²) in [6.45, 7) is 0.392. The van der Waals surface area contributed by atoms with Crippen LogP contribution in [0.5, 0.6) is 11.5 Å². The summed E-state index contributed by atoms with van der Waals surface area (Å²) in [5.41, 5.74) is 6.73. The standard InChI is InChI=1S/C10H10N2O2S/c11-4-10-12-8(5-15-10)7-2-1-6(13)3-9(7)14/h1-3,5,13-14H,4,11H2. The third-order valence-electron chi connectivity index (χ3n) is 1.98. The lowest BCUT2D eigenvalue weighted by Gasteiger charge is -2.01. The van der Waals surface area contributed by atoms with Gasteiger partial charge in [-0.15, -0.1) is 11.3 Å². The van der Waals surface area contributed by atoms with Crippen LogP contribution in [0.3, 0.4) is 0 Å². The van der Waals surface area contributed by atoms with Crippen molar-refractivity contribution in [2.75, 3.05) is 0 Å². The molecule has 0 aliphatic rings. The Bertz CT molecular complexity index is 482. The van der Waals surface area contributed by atoms with Crippen molar-refractivity contribution in [3.8, 4) is 22.8 Å². The third kappa shape index (κ3) is 1.93. The van der Waals surface area contributed by atoms with E-state index in [0.29, 0.717) is 17.8 Å². The minimum atomic E-state index is 0.0175. The molecule has 0 unspecified atom stereocenters. The molecule has 78 valence electrons. The molecule has 0 aliphatic heterocycles. The summed E-state index contributed by atoms with van der Waals surface area (Å²) in [4.78, 5) is 4.24. The molecule has 2 aromatic rings. The molecule has 5 heteroatoms. The lowest BCUT2D eigenvalue weighted by Crippen LogP contribution is -1.94. The van der Waals surface area contributed by atoms with Crippen molar-refractivity contribution in [1.82, 2.24) is 4.98 Å². The summed E-state index contributed by atoms with van der Waals surface area (Å²) >= 11 is 1.45. The minimum Gasteiger partial charge on any atom is -0.508 e. The highest BCUT2D eigenvalue weighted by molar-refractivity contribution is 7.09. The fourth-order valence-electron chi connectivity index (χ4n) is 1.26. The molecule has 1 heterocycles. The van der Waals surface area contributed by atoms with Crippen LogP contribution < -0.4 is 5.73 Å². The highest BCUT2D eigenvalue weighted by Crippen LogP contribution is 2.32. The smallest absolute Gasteiger partial charge is 0.128 e. The van der Waals surface area contributed by atoms with Gasteiger partial charge >= 0.3 is 0 Å². The van der Waals surface area contributed by atoms with Crippen LogP contribution in [0.15, 0.2) is 23.6 Å². The number of rotatable bonds is 2. The summed E-state index contributed by atoms with van der Waals surface area (Å²) in [5.74, 6) is 0.0504. The van der Waals surface area contributed by atoms with Gasteiger partial charge in [0.25, 0.3) is 0 Å². The summed E-state index contributed by atoms with van der Waals surface area (Å²) in [5, 5.41) is 21.4. The second kappa shape index (κ2) is 3.88. The maximum Gasteiger partial charge on any atom is 0.128 e. The highest BCUT2D eigenvalue weighted by atomic mass is 32.1. The van der Waals surface area contributed by atoms with Gasteiger partial charge in [0.2, 0.25) is 0 Å². The van der Waals surface area contributed by atoms with E-state index < -0.39 is 0 Å². The van der Waals surface area contributed by atoms with E-state index in [1.54, 1.807) is 6.07 Å². The molecule has 0 aliphatic carbocycles. The second-order valence-corrected chi connectivity index (χ2v) is 3.97. The average Bonchev–Trinajstić information content (AvgIpc) is 2.66. The summed E-state index contributed by atoms with van der Waals surface area (Å²) in [7, 11) is 0. The number of phenolic OH excluding ortho intramolecular Hbond substituents is 2. The van der Waals surface area contributed by atoms with Crippen molar-refractivity contribution in [2.45, 2.75) is 6.54 Å². The molecular formula is C10H10N2O2S. The van der Waals surface area contributed by atoms with E-state index >= 15 is 0 Å². The maximum atomic E-state index is 9.60. The third-order valence-corrected chi connectivity index (χ3v) is 2.85. The van der Waals surface area contributed by atoms with E-state index in [1.165, 1.54) is 23.5 Å². The van der Waals surface area contributed by atoms with Gasteiger partial charge in [-0.1, -0.05) is 0 Å². The van der Waals surface area contributed by atoms with Gasteiger partial charge < -0.3 is 15.9 Å². The Kier molecular flexibility index (Phi) is 2.57. The van der Waals surface area contributed by atoms with Crippen LogP contribution in [-0.2, 0) is 6.54 Å². The zero-order valence-corrected chi connectivity index (χ0v) is 8.66. The van der Waals surface area contributed by atoms with Crippen LogP contribution >= 0.6 is 11.3 Å². The molecule has 0 bridgehead atoms. The van der Waals surface area contributed by atoms with Gasteiger partial charge in [0.15, 0.2) is 0 Å². The first kappa shape index (κ1) is 9.95. The first-order chi connectivity index (χ1) is 7.20. The zero-order valence-electron chi connectivity index (χ0n) is 7.84. The highest BCUT2D eigenvalue weighted by Gasteiger charge is 2.08. The average molecular weight is 222 g/mol. The Morgan fingerprint density at radius 1 is 1.33 bits per heavy atom. The number of hydrogen-bond donors (Lipinski definition) is 3. The van der Waals surface area contributed by atoms with E-state index in [2.05, 4.69) is 4.98 Å². The fraction of sp³-hybridized carbons (Fsp3) is 0.100. The van der Waals surface area contributed by atoms with Crippen molar-refractivity contribution in [3.05, 3.63) is 28.6 Å². The van der Waals surface area contributed by atoms with Crippen LogP contribution in [0.1, 0.15) is 5.01 Å². The molecular weight excluding hydrogens is 212 g/mol. The molecule has 15 heavy (non-hydrogen) atoms. The number of benzene rings is 1. The normalized spacial score (nSPS) is 10.5. The van der Waals surface area contributed by atoms with E-state index in [1.807, 2.05) is 5.38 Å². The molecule has 0 saturated carbocycles. The fourth-order valence-corrected chi connectivity index (χ4v) is 1.94. The predicted octanol–water partition coefficient (Wildman–Crippen LogP) is 1.68. The Balaban J connectivity index is 2.44. The van der Waals surface area contributed by atoms with Crippen molar-refractivity contribution in [3.63, 3.8) is 0 Å². The first-order valence-corrected chi connectivity index (χ1v) is 5.25. The Labute approximate surface area is 90.6 Å². The van der Waals surface area contributed by atoms with Gasteiger partial charge in [0, 0.05) is 23.6 Å². The first-order valence-electron chi connectivity index (χ1n) is 4.37. The molecule has 4 N–H and O–H groups in total. The van der Waals surface area contributed by atoms with E-state index in [9.17, 15) is 5.11 Å². The predicted molar refractivity (Wildman–Crippen MR) is 58.8 cm³/mol. The summed E-state index contributed by atoms with van der Waals surface area (Å²) < 4.78 is 0.